The van der Waals surface area contributed by atoms with Gasteiger partial charge >= 0.3 is 51.4 Å². The summed E-state index contributed by atoms with van der Waals surface area (Å²) < 4.78 is 0. The molecule has 0 saturated carbocycles. The van der Waals surface area contributed by atoms with Gasteiger partial charge in [-0.2, -0.15) is 0 Å². The zero-order valence-electron chi connectivity index (χ0n) is 3.66. The molecule has 0 radical (unpaired) electrons. The van der Waals surface area contributed by atoms with Crippen molar-refractivity contribution >= 4 is 6.09 Å². The number of hydrogen-bond acceptors (Lipinski definition) is 2. The Morgan fingerprint density at radius 2 is 2.29 bits per heavy atom. The maximum absolute atomic E-state index is 9.07. The van der Waals surface area contributed by atoms with Crippen LogP contribution >= 0.6 is 0 Å². The van der Waals surface area contributed by atoms with Crippen LogP contribution in [0.5, 0.6) is 0 Å². The molecule has 0 atom stereocenters. The molecule has 0 aliphatic rings. The van der Waals surface area contributed by atoms with Gasteiger partial charge in [-0.25, -0.2) is 0 Å². The molecule has 0 unspecified atom stereocenters. The minimum atomic E-state index is -1.75. The maximum Gasteiger partial charge on any atom is 1.00 e. The van der Waals surface area contributed by atoms with Crippen LogP contribution in [-0.4, -0.2) is 6.09 Å². The Balaban J connectivity index is 0. The topological polar surface area (TPSA) is 88.9 Å². The van der Waals surface area contributed by atoms with Gasteiger partial charge in [-0.1, -0.05) is 0 Å². The molecule has 0 spiro atoms. The van der Waals surface area contributed by atoms with Crippen molar-refractivity contribution in [2.75, 3.05) is 0 Å². The molecular weight excluding hydrogens is 125 g/mol. The predicted molar refractivity (Wildman–Crippen MR) is 14.5 cm³/mol. The van der Waals surface area contributed by atoms with Gasteiger partial charge in [0.05, 0.1) is 0 Å². The first-order valence-electron chi connectivity index (χ1n) is 1.03. The van der Waals surface area contributed by atoms with Gasteiger partial charge in [0.2, 0.25) is 0 Å². The van der Waals surface area contributed by atoms with Crippen molar-refractivity contribution in [1.82, 2.24) is 0 Å². The minimum absolute atomic E-state index is 0. The third-order valence-electron chi connectivity index (χ3n) is 0.126. The summed E-state index contributed by atoms with van der Waals surface area (Å²) in [7, 11) is 0. The van der Waals surface area contributed by atoms with Gasteiger partial charge in [-0.05, 0) is 10.6 Å². The molecule has 32 valence electrons. The van der Waals surface area contributed by atoms with E-state index in [1.807, 2.05) is 4.91 Å². The van der Waals surface area contributed by atoms with Crippen LogP contribution in [0.2, 0.25) is 0 Å². The van der Waals surface area contributed by atoms with E-state index in [1.165, 1.54) is 0 Å². The molecule has 0 aromatic rings. The van der Waals surface area contributed by atoms with E-state index in [-0.39, 0.29) is 51.4 Å². The van der Waals surface area contributed by atoms with Gasteiger partial charge in [-0.15, -0.1) is 0 Å². The van der Waals surface area contributed by atoms with E-state index in [4.69, 9.17) is 15.4 Å². The number of carbonyl (C=O) groups excluding carboxylic acids is 1. The second-order valence-electron chi connectivity index (χ2n) is 0.455. The summed E-state index contributed by atoms with van der Waals surface area (Å²) in [6.07, 6.45) is -1.75. The standard InChI is InChI=1S/CHN3O2.K/c2-4-3-1(5)6;/h(H,5,6);/q;+1/p-1. The fraction of sp³-hybridized carbons (Fsp3) is 0. The molecule has 0 rings (SSSR count). The van der Waals surface area contributed by atoms with E-state index >= 15 is 0 Å². The number of amides is 1. The fourth-order valence-electron chi connectivity index (χ4n) is 0.0365. The van der Waals surface area contributed by atoms with Crippen molar-refractivity contribution in [2.24, 2.45) is 5.11 Å². The van der Waals surface area contributed by atoms with Gasteiger partial charge in [0.25, 0.3) is 0 Å². The molecule has 0 heterocycles. The molecule has 0 fully saturated rings. The molecule has 7 heavy (non-hydrogen) atoms. The van der Waals surface area contributed by atoms with Crippen LogP contribution in [0.4, 0.5) is 4.79 Å². The molecule has 0 aromatic heterocycles. The van der Waals surface area contributed by atoms with Crippen LogP contribution in [0.3, 0.4) is 0 Å². The second kappa shape index (κ2) is 6.42. The normalized spacial score (nSPS) is 5.14. The Morgan fingerprint density at radius 1 is 1.86 bits per heavy atom. The van der Waals surface area contributed by atoms with E-state index < -0.39 is 6.09 Å². The molecule has 0 aromatic carbocycles. The fourth-order valence-corrected chi connectivity index (χ4v) is 0.0365. The number of carbonyl (C=O) groups is 1. The number of carboxylic acid groups (broad SMARTS) is 1. The van der Waals surface area contributed by atoms with Gasteiger partial charge < -0.3 is 9.90 Å². The van der Waals surface area contributed by atoms with Crippen LogP contribution < -0.4 is 56.5 Å². The number of nitrogens with zero attached hydrogens (tertiary/aromatic N) is 3. The molecule has 0 saturated heterocycles. The van der Waals surface area contributed by atoms with Crippen LogP contribution in [0.1, 0.15) is 0 Å². The van der Waals surface area contributed by atoms with Crippen LogP contribution in [0, 0.1) is 0 Å². The number of hydrogen-bond donors (Lipinski definition) is 0. The van der Waals surface area contributed by atoms with E-state index in [1.54, 1.807) is 0 Å². The Labute approximate surface area is 81.8 Å². The Kier molecular flexibility index (Phi) is 9.54. The summed E-state index contributed by atoms with van der Waals surface area (Å²) in [6.45, 7) is 0. The molecular formula is CKN3O2. The van der Waals surface area contributed by atoms with Gasteiger partial charge in [0.15, 0.2) is 0 Å². The predicted octanol–water partition coefficient (Wildman–Crippen LogP) is -3.36. The van der Waals surface area contributed by atoms with Crippen molar-refractivity contribution < 1.29 is 61.3 Å². The Bertz CT molecular complexity index is 106. The van der Waals surface area contributed by atoms with Crippen LogP contribution in [-0.2, 0) is 0 Å². The molecule has 0 aliphatic carbocycles. The van der Waals surface area contributed by atoms with E-state index in [0.29, 0.717) is 0 Å². The first-order valence-corrected chi connectivity index (χ1v) is 1.03. The smallest absolute Gasteiger partial charge is 0.544 e. The minimum Gasteiger partial charge on any atom is -0.544 e. The van der Waals surface area contributed by atoms with Gasteiger partial charge in [0.1, 0.15) is 6.09 Å². The summed E-state index contributed by atoms with van der Waals surface area (Å²) in [6, 6.07) is 0. The summed E-state index contributed by atoms with van der Waals surface area (Å²) in [5, 5.41) is 11.2. The summed E-state index contributed by atoms with van der Waals surface area (Å²) >= 11 is 0. The SMILES string of the molecule is [K+].[N-]=[N+]=NC(=O)[O-]. The van der Waals surface area contributed by atoms with Gasteiger partial charge in [0, 0.05) is 4.91 Å². The first-order chi connectivity index (χ1) is 2.77. The average molecular weight is 125 g/mol. The second-order valence-corrected chi connectivity index (χ2v) is 0.455. The summed E-state index contributed by atoms with van der Waals surface area (Å²) in [4.78, 5) is 11.0. The van der Waals surface area contributed by atoms with Crippen LogP contribution in [0.25, 0.3) is 10.4 Å². The monoisotopic (exact) mass is 125 g/mol. The summed E-state index contributed by atoms with van der Waals surface area (Å²) in [5.41, 5.74) is 7.27. The molecule has 0 N–H and O–H groups in total. The third kappa shape index (κ3) is 10.7. The van der Waals surface area contributed by atoms with Gasteiger partial charge in [-0.3, -0.25) is 0 Å². The summed E-state index contributed by atoms with van der Waals surface area (Å²) in [5.74, 6) is 0. The molecule has 0 aliphatic heterocycles. The molecule has 1 amide bonds. The van der Waals surface area contributed by atoms with Crippen molar-refractivity contribution in [2.45, 2.75) is 0 Å². The quantitative estimate of drug-likeness (QED) is 0.146. The van der Waals surface area contributed by atoms with Crippen LogP contribution in [0.15, 0.2) is 5.11 Å². The first kappa shape index (κ1) is 10.4. The van der Waals surface area contributed by atoms with Crippen molar-refractivity contribution in [3.63, 3.8) is 0 Å². The number of azide groups is 1. The molecule has 5 nitrogen and oxygen atoms in total. The molecule has 6 heteroatoms. The van der Waals surface area contributed by atoms with E-state index in [9.17, 15) is 0 Å². The van der Waals surface area contributed by atoms with Crippen molar-refractivity contribution in [1.29, 1.82) is 0 Å². The van der Waals surface area contributed by atoms with E-state index in [0.717, 1.165) is 0 Å². The zero-order valence-corrected chi connectivity index (χ0v) is 6.78. The molecule has 0 bridgehead atoms. The van der Waals surface area contributed by atoms with Crippen molar-refractivity contribution in [3.05, 3.63) is 10.4 Å². The Morgan fingerprint density at radius 3 is 2.29 bits per heavy atom. The maximum atomic E-state index is 9.07. The third-order valence-corrected chi connectivity index (χ3v) is 0.126. The average Bonchev–Trinajstić information content (AvgIpc) is 1.35. The van der Waals surface area contributed by atoms with E-state index in [2.05, 4.69) is 5.11 Å². The Hall–Kier alpha value is 0.416. The zero-order chi connectivity index (χ0) is 4.99. The largest absolute Gasteiger partial charge is 1.00 e. The van der Waals surface area contributed by atoms with Crippen molar-refractivity contribution in [3.8, 4) is 0 Å². The number of rotatable bonds is 0.